The van der Waals surface area contributed by atoms with E-state index in [0.717, 1.165) is 18.7 Å². The zero-order chi connectivity index (χ0) is 22.4. The van der Waals surface area contributed by atoms with Gasteiger partial charge in [-0.1, -0.05) is 0 Å². The van der Waals surface area contributed by atoms with Gasteiger partial charge in [0.15, 0.2) is 22.9 Å². The summed E-state index contributed by atoms with van der Waals surface area (Å²) in [4.78, 5) is 22.1. The molecule has 32 heavy (non-hydrogen) atoms. The molecule has 2 saturated heterocycles. The van der Waals surface area contributed by atoms with Gasteiger partial charge in [0.2, 0.25) is 0 Å². The zero-order valence-corrected chi connectivity index (χ0v) is 18.0. The van der Waals surface area contributed by atoms with Crippen LogP contribution in [0.5, 0.6) is 5.75 Å². The van der Waals surface area contributed by atoms with Gasteiger partial charge in [-0.15, -0.1) is 0 Å². The number of fused-ring (bicyclic) bond motifs is 1. The van der Waals surface area contributed by atoms with Crippen LogP contribution in [-0.4, -0.2) is 57.9 Å². The van der Waals surface area contributed by atoms with Gasteiger partial charge in [0.25, 0.3) is 5.56 Å². The van der Waals surface area contributed by atoms with E-state index in [1.165, 1.54) is 19.2 Å². The summed E-state index contributed by atoms with van der Waals surface area (Å²) >= 11 is 0. The number of likely N-dealkylation sites (tertiary alicyclic amines) is 1. The van der Waals surface area contributed by atoms with Crippen molar-refractivity contribution in [1.82, 2.24) is 24.5 Å². The van der Waals surface area contributed by atoms with Crippen molar-refractivity contribution in [3.63, 3.8) is 0 Å². The highest BCUT2D eigenvalue weighted by Crippen LogP contribution is 2.35. The van der Waals surface area contributed by atoms with Gasteiger partial charge in [-0.25, -0.2) is 18.3 Å². The summed E-state index contributed by atoms with van der Waals surface area (Å²) in [5.74, 6) is -0.245. The number of nitrogens with one attached hydrogen (secondary N) is 1. The Hall–Kier alpha value is -2.85. The van der Waals surface area contributed by atoms with E-state index in [9.17, 15) is 13.6 Å². The number of ether oxygens (including phenoxy) is 2. The Bertz CT molecular complexity index is 1170. The quantitative estimate of drug-likeness (QED) is 0.650. The zero-order valence-electron chi connectivity index (χ0n) is 18.0. The molecular weight excluding hydrogens is 420 g/mol. The number of aromatic amines is 1. The molecule has 0 radical (unpaired) electrons. The molecule has 170 valence electrons. The molecule has 1 atom stereocenters. The first-order valence-corrected chi connectivity index (χ1v) is 10.8. The number of aromatic nitrogens is 4. The van der Waals surface area contributed by atoms with E-state index < -0.39 is 11.6 Å². The van der Waals surface area contributed by atoms with E-state index in [-0.39, 0.29) is 29.2 Å². The van der Waals surface area contributed by atoms with Gasteiger partial charge in [0.1, 0.15) is 11.6 Å². The lowest BCUT2D eigenvalue weighted by Crippen LogP contribution is -2.47. The smallest absolute Gasteiger partial charge is 0.277 e. The van der Waals surface area contributed by atoms with Gasteiger partial charge in [-0.2, -0.15) is 5.10 Å². The highest BCUT2D eigenvalue weighted by molar-refractivity contribution is 5.42. The number of hydrogen-bond donors (Lipinski definition) is 1. The van der Waals surface area contributed by atoms with E-state index >= 15 is 0 Å². The lowest BCUT2D eigenvalue weighted by atomic mass is 9.89. The lowest BCUT2D eigenvalue weighted by Gasteiger charge is -2.43. The molecule has 1 aromatic carbocycles. The second-order valence-electron chi connectivity index (χ2n) is 8.48. The Labute approximate surface area is 183 Å². The van der Waals surface area contributed by atoms with Crippen molar-refractivity contribution in [3.8, 4) is 5.75 Å². The minimum absolute atomic E-state index is 0.00569. The monoisotopic (exact) mass is 445 g/mol. The highest BCUT2D eigenvalue weighted by Gasteiger charge is 2.34. The van der Waals surface area contributed by atoms with Crippen LogP contribution >= 0.6 is 0 Å². The van der Waals surface area contributed by atoms with Crippen LogP contribution in [-0.2, 0) is 4.74 Å². The largest absolute Gasteiger partial charge is 0.491 e. The molecule has 2 fully saturated rings. The number of methoxy groups -OCH3 is 1. The maximum absolute atomic E-state index is 14.1. The molecule has 1 N–H and O–H groups in total. The third-order valence-corrected chi connectivity index (χ3v) is 6.58. The molecule has 0 amide bonds. The molecular formula is C22H25F2N5O3. The van der Waals surface area contributed by atoms with Crippen LogP contribution in [0.4, 0.5) is 8.78 Å². The summed E-state index contributed by atoms with van der Waals surface area (Å²) in [6.45, 7) is 4.51. The van der Waals surface area contributed by atoms with Crippen LogP contribution in [0.1, 0.15) is 54.9 Å². The number of hydrogen-bond acceptors (Lipinski definition) is 6. The van der Waals surface area contributed by atoms with Gasteiger partial charge in [0.05, 0.1) is 19.3 Å². The Kier molecular flexibility index (Phi) is 5.42. The first-order chi connectivity index (χ1) is 15.5. The van der Waals surface area contributed by atoms with Crippen molar-refractivity contribution < 1.29 is 18.3 Å². The second-order valence-corrected chi connectivity index (χ2v) is 8.48. The molecule has 2 aliphatic heterocycles. The Morgan fingerprint density at radius 2 is 1.88 bits per heavy atom. The predicted molar refractivity (Wildman–Crippen MR) is 112 cm³/mol. The first kappa shape index (κ1) is 21.0. The summed E-state index contributed by atoms with van der Waals surface area (Å²) < 4.78 is 40.0. The van der Waals surface area contributed by atoms with Crippen molar-refractivity contribution >= 4 is 5.52 Å². The van der Waals surface area contributed by atoms with E-state index in [1.807, 2.05) is 6.92 Å². The van der Waals surface area contributed by atoms with E-state index in [0.29, 0.717) is 43.2 Å². The molecule has 0 spiro atoms. The summed E-state index contributed by atoms with van der Waals surface area (Å²) in [5.41, 5.74) is 0.787. The molecule has 0 saturated carbocycles. The van der Waals surface area contributed by atoms with Crippen LogP contribution in [0.15, 0.2) is 23.1 Å². The third kappa shape index (κ3) is 3.57. The first-order valence-electron chi connectivity index (χ1n) is 10.8. The number of benzene rings is 1. The third-order valence-electron chi connectivity index (χ3n) is 6.58. The summed E-state index contributed by atoms with van der Waals surface area (Å²) in [5, 5.41) is 4.70. The number of imidazole rings is 1. The summed E-state index contributed by atoms with van der Waals surface area (Å²) in [6.07, 6.45) is 3.26. The van der Waals surface area contributed by atoms with Crippen LogP contribution in [0.2, 0.25) is 0 Å². The Balaban J connectivity index is 1.36. The SMILES string of the molecule is COc1c(F)cc(C2CN(C(C)c3nn4c(C5CCOCC5)ncc4c(=O)[nH]3)C2)cc1F. The second kappa shape index (κ2) is 8.25. The van der Waals surface area contributed by atoms with Crippen molar-refractivity contribution in [2.75, 3.05) is 33.4 Å². The number of halogens is 2. The van der Waals surface area contributed by atoms with Crippen molar-refractivity contribution in [3.05, 3.63) is 57.5 Å². The molecule has 3 aromatic rings. The van der Waals surface area contributed by atoms with Crippen molar-refractivity contribution in [1.29, 1.82) is 0 Å². The van der Waals surface area contributed by atoms with Crippen LogP contribution < -0.4 is 10.3 Å². The van der Waals surface area contributed by atoms with Gasteiger partial charge < -0.3 is 14.5 Å². The summed E-state index contributed by atoms with van der Waals surface area (Å²) in [6, 6.07) is 2.49. The van der Waals surface area contributed by atoms with Crippen LogP contribution in [0.25, 0.3) is 5.52 Å². The predicted octanol–water partition coefficient (Wildman–Crippen LogP) is 2.76. The summed E-state index contributed by atoms with van der Waals surface area (Å²) in [7, 11) is 1.24. The molecule has 1 unspecified atom stereocenters. The standard InChI is InChI=1S/C22H25F2N5O3/c1-12(28-10-15(11-28)14-7-16(23)19(31-2)17(24)8-14)20-26-22(30)18-9-25-21(29(18)27-20)13-3-5-32-6-4-13/h7-9,12-13,15H,3-6,10-11H2,1-2H3,(H,26,27,30). The van der Waals surface area contributed by atoms with Gasteiger partial charge in [0, 0.05) is 38.1 Å². The van der Waals surface area contributed by atoms with Gasteiger partial charge in [-0.05, 0) is 37.5 Å². The van der Waals surface area contributed by atoms with Crippen molar-refractivity contribution in [2.24, 2.45) is 0 Å². The average Bonchev–Trinajstić information content (AvgIpc) is 3.18. The number of H-pyrrole nitrogens is 1. The lowest BCUT2D eigenvalue weighted by molar-refractivity contribution is 0.0829. The molecule has 10 heteroatoms. The Morgan fingerprint density at radius 3 is 2.53 bits per heavy atom. The van der Waals surface area contributed by atoms with E-state index in [2.05, 4.69) is 14.9 Å². The van der Waals surface area contributed by atoms with E-state index in [4.69, 9.17) is 14.6 Å². The normalized spacial score (nSPS) is 19.2. The molecule has 2 aromatic heterocycles. The van der Waals surface area contributed by atoms with Crippen LogP contribution in [0.3, 0.4) is 0 Å². The number of nitrogens with zero attached hydrogens (tertiary/aromatic N) is 4. The fraction of sp³-hybridized carbons (Fsp3) is 0.500. The van der Waals surface area contributed by atoms with Crippen molar-refractivity contribution in [2.45, 2.75) is 37.6 Å². The molecule has 0 bridgehead atoms. The minimum atomic E-state index is -0.703. The highest BCUT2D eigenvalue weighted by atomic mass is 19.1. The average molecular weight is 445 g/mol. The molecule has 0 aliphatic carbocycles. The molecule has 5 rings (SSSR count). The topological polar surface area (TPSA) is 84.8 Å². The maximum Gasteiger partial charge on any atom is 0.277 e. The van der Waals surface area contributed by atoms with Gasteiger partial charge >= 0.3 is 0 Å². The Morgan fingerprint density at radius 1 is 1.19 bits per heavy atom. The minimum Gasteiger partial charge on any atom is -0.491 e. The van der Waals surface area contributed by atoms with E-state index in [1.54, 1.807) is 10.7 Å². The fourth-order valence-corrected chi connectivity index (χ4v) is 4.58. The molecule has 2 aliphatic rings. The molecule has 4 heterocycles. The van der Waals surface area contributed by atoms with Gasteiger partial charge in [-0.3, -0.25) is 9.69 Å². The number of rotatable bonds is 5. The van der Waals surface area contributed by atoms with Crippen LogP contribution in [0, 0.1) is 11.6 Å². The fourth-order valence-electron chi connectivity index (χ4n) is 4.58. The maximum atomic E-state index is 14.1. The molecule has 8 nitrogen and oxygen atoms in total.